The largest absolute Gasteiger partial charge is 0.461 e. The van der Waals surface area contributed by atoms with Gasteiger partial charge in [-0.15, -0.1) is 11.3 Å². The fourth-order valence-corrected chi connectivity index (χ4v) is 3.45. The van der Waals surface area contributed by atoms with E-state index < -0.39 is 0 Å². The SMILES string of the molecule is O=C(/C=c1/[nH]c(=O)/c(=C/c2ccc(-c3ccc(Cl)cc3)o2)s1)c1ccco1. The molecule has 0 fully saturated rings. The number of furan rings is 2. The summed E-state index contributed by atoms with van der Waals surface area (Å²) in [6, 6.07) is 14.1. The van der Waals surface area contributed by atoms with E-state index in [1.54, 1.807) is 36.4 Å². The van der Waals surface area contributed by atoms with Crippen molar-refractivity contribution >= 4 is 40.9 Å². The number of hydrogen-bond donors (Lipinski definition) is 1. The van der Waals surface area contributed by atoms with Gasteiger partial charge in [-0.2, -0.15) is 0 Å². The Hall–Kier alpha value is -3.09. The molecule has 0 bridgehead atoms. The first-order chi connectivity index (χ1) is 13.1. The number of ketones is 1. The van der Waals surface area contributed by atoms with Crippen LogP contribution in [0.25, 0.3) is 23.5 Å². The van der Waals surface area contributed by atoms with Gasteiger partial charge in [-0.3, -0.25) is 9.59 Å². The number of benzene rings is 1. The van der Waals surface area contributed by atoms with Crippen LogP contribution in [-0.4, -0.2) is 10.8 Å². The van der Waals surface area contributed by atoms with Gasteiger partial charge in [0.2, 0.25) is 5.78 Å². The Morgan fingerprint density at radius 2 is 1.93 bits per heavy atom. The predicted molar refractivity (Wildman–Crippen MR) is 104 cm³/mol. The smallest absolute Gasteiger partial charge is 0.266 e. The van der Waals surface area contributed by atoms with Crippen LogP contribution in [0.1, 0.15) is 16.3 Å². The van der Waals surface area contributed by atoms with Crippen LogP contribution in [0.5, 0.6) is 0 Å². The highest BCUT2D eigenvalue weighted by Gasteiger charge is 2.07. The van der Waals surface area contributed by atoms with Crippen molar-refractivity contribution in [2.24, 2.45) is 0 Å². The summed E-state index contributed by atoms with van der Waals surface area (Å²) >= 11 is 7.06. The summed E-state index contributed by atoms with van der Waals surface area (Å²) in [6.07, 6.45) is 4.40. The molecule has 1 N–H and O–H groups in total. The fraction of sp³-hybridized carbons (Fsp3) is 0. The third kappa shape index (κ3) is 3.86. The molecule has 4 aromatic rings. The standard InChI is InChI=1S/C20H12ClNO4S/c21-13-5-3-12(4-6-13)16-8-7-14(26-16)10-18-20(24)22-19(27-18)11-15(23)17-2-1-9-25-17/h1-11H,(H,22,24)/b18-10-,19-11-. The van der Waals surface area contributed by atoms with Crippen molar-refractivity contribution in [3.8, 4) is 11.3 Å². The van der Waals surface area contributed by atoms with Crippen LogP contribution in [0.2, 0.25) is 5.02 Å². The minimum absolute atomic E-state index is 0.216. The van der Waals surface area contributed by atoms with Crippen LogP contribution in [0.4, 0.5) is 0 Å². The second kappa shape index (κ2) is 7.26. The molecule has 0 aliphatic heterocycles. The highest BCUT2D eigenvalue weighted by Crippen LogP contribution is 2.23. The van der Waals surface area contributed by atoms with Crippen molar-refractivity contribution in [3.63, 3.8) is 0 Å². The maximum absolute atomic E-state index is 12.1. The maximum atomic E-state index is 12.1. The molecule has 3 heterocycles. The third-order valence-electron chi connectivity index (χ3n) is 3.74. The van der Waals surface area contributed by atoms with Crippen LogP contribution in [0.15, 0.2) is 68.4 Å². The Balaban J connectivity index is 1.65. The third-order valence-corrected chi connectivity index (χ3v) is 4.95. The van der Waals surface area contributed by atoms with E-state index in [1.807, 2.05) is 18.2 Å². The summed E-state index contributed by atoms with van der Waals surface area (Å²) in [5, 5.41) is 0.648. The van der Waals surface area contributed by atoms with E-state index in [0.717, 1.165) is 5.56 Å². The fourth-order valence-electron chi connectivity index (χ4n) is 2.46. The quantitative estimate of drug-likeness (QED) is 0.535. The number of hydrogen-bond acceptors (Lipinski definition) is 5. The zero-order chi connectivity index (χ0) is 18.8. The van der Waals surface area contributed by atoms with Crippen molar-refractivity contribution in [2.45, 2.75) is 0 Å². The Kier molecular flexibility index (Phi) is 4.66. The van der Waals surface area contributed by atoms with Gasteiger partial charge in [0.1, 0.15) is 11.5 Å². The molecule has 0 unspecified atom stereocenters. The normalized spacial score (nSPS) is 12.6. The minimum Gasteiger partial charge on any atom is -0.461 e. The highest BCUT2D eigenvalue weighted by atomic mass is 35.5. The van der Waals surface area contributed by atoms with Crippen molar-refractivity contribution < 1.29 is 13.6 Å². The number of aromatic amines is 1. The number of Topliss-reactive ketones (excluding diaryl/α,β-unsaturated/α-hetero) is 1. The molecular weight excluding hydrogens is 386 g/mol. The Bertz CT molecular complexity index is 1260. The van der Waals surface area contributed by atoms with Crippen LogP contribution in [0.3, 0.4) is 0 Å². The molecule has 0 radical (unpaired) electrons. The molecule has 0 aliphatic rings. The molecule has 0 spiro atoms. The average Bonchev–Trinajstić information content (AvgIpc) is 3.39. The Labute approximate surface area is 161 Å². The molecule has 7 heteroatoms. The molecule has 0 saturated carbocycles. The zero-order valence-electron chi connectivity index (χ0n) is 13.8. The van der Waals surface area contributed by atoms with Gasteiger partial charge < -0.3 is 13.8 Å². The van der Waals surface area contributed by atoms with Crippen molar-refractivity contribution in [1.82, 2.24) is 4.98 Å². The van der Waals surface area contributed by atoms with E-state index >= 15 is 0 Å². The number of H-pyrrole nitrogens is 1. The molecule has 5 nitrogen and oxygen atoms in total. The van der Waals surface area contributed by atoms with Gasteiger partial charge in [-0.25, -0.2) is 0 Å². The maximum Gasteiger partial charge on any atom is 0.266 e. The average molecular weight is 398 g/mol. The lowest BCUT2D eigenvalue weighted by atomic mass is 10.2. The highest BCUT2D eigenvalue weighted by molar-refractivity contribution is 7.07. The lowest BCUT2D eigenvalue weighted by Gasteiger charge is -1.96. The summed E-state index contributed by atoms with van der Waals surface area (Å²) < 4.78 is 11.7. The van der Waals surface area contributed by atoms with Gasteiger partial charge in [0.05, 0.1) is 15.5 Å². The van der Waals surface area contributed by atoms with Crippen LogP contribution in [-0.2, 0) is 0 Å². The van der Waals surface area contributed by atoms with Crippen LogP contribution < -0.4 is 14.8 Å². The Morgan fingerprint density at radius 3 is 2.67 bits per heavy atom. The summed E-state index contributed by atoms with van der Waals surface area (Å²) in [6.45, 7) is 0. The lowest BCUT2D eigenvalue weighted by Crippen LogP contribution is -2.19. The van der Waals surface area contributed by atoms with Gasteiger partial charge in [0.25, 0.3) is 5.56 Å². The molecule has 27 heavy (non-hydrogen) atoms. The van der Waals surface area contributed by atoms with Gasteiger partial charge in [-0.05, 0) is 48.5 Å². The van der Waals surface area contributed by atoms with Crippen molar-refractivity contribution in [2.75, 3.05) is 0 Å². The van der Waals surface area contributed by atoms with Gasteiger partial charge >= 0.3 is 0 Å². The Morgan fingerprint density at radius 1 is 1.11 bits per heavy atom. The number of halogens is 1. The first-order valence-electron chi connectivity index (χ1n) is 7.95. The first-order valence-corrected chi connectivity index (χ1v) is 9.14. The van der Waals surface area contributed by atoms with Crippen molar-refractivity contribution in [1.29, 1.82) is 0 Å². The van der Waals surface area contributed by atoms with Gasteiger partial charge in [0.15, 0.2) is 5.76 Å². The van der Waals surface area contributed by atoms with Crippen molar-refractivity contribution in [3.05, 3.63) is 90.9 Å². The van der Waals surface area contributed by atoms with E-state index in [4.69, 9.17) is 20.4 Å². The van der Waals surface area contributed by atoms with Gasteiger partial charge in [0, 0.05) is 22.7 Å². The first kappa shape index (κ1) is 17.3. The second-order valence-electron chi connectivity index (χ2n) is 5.62. The topological polar surface area (TPSA) is 76.2 Å². The molecule has 0 atom stereocenters. The molecule has 1 aromatic carbocycles. The van der Waals surface area contributed by atoms with E-state index in [-0.39, 0.29) is 17.1 Å². The summed E-state index contributed by atoms with van der Waals surface area (Å²) in [7, 11) is 0. The number of carbonyl (C=O) groups is 1. The monoisotopic (exact) mass is 397 g/mol. The molecule has 0 saturated heterocycles. The van der Waals surface area contributed by atoms with E-state index in [0.29, 0.717) is 25.7 Å². The number of rotatable bonds is 4. The van der Waals surface area contributed by atoms with Crippen LogP contribution >= 0.6 is 22.9 Å². The summed E-state index contributed by atoms with van der Waals surface area (Å²) in [4.78, 5) is 26.8. The number of thiazole rings is 1. The zero-order valence-corrected chi connectivity index (χ0v) is 15.3. The molecule has 134 valence electrons. The number of carbonyl (C=O) groups excluding carboxylic acids is 1. The van der Waals surface area contributed by atoms with Crippen LogP contribution in [0, 0.1) is 0 Å². The number of aromatic nitrogens is 1. The number of nitrogens with one attached hydrogen (secondary N) is 1. The minimum atomic E-state index is -0.313. The second-order valence-corrected chi connectivity index (χ2v) is 7.14. The van der Waals surface area contributed by atoms with E-state index in [9.17, 15) is 9.59 Å². The van der Waals surface area contributed by atoms with E-state index in [1.165, 1.54) is 23.7 Å². The molecule has 0 amide bonds. The molecule has 3 aromatic heterocycles. The summed E-state index contributed by atoms with van der Waals surface area (Å²) in [5.41, 5.74) is 0.597. The van der Waals surface area contributed by atoms with E-state index in [2.05, 4.69) is 4.98 Å². The molecular formula is C20H12ClNO4S. The van der Waals surface area contributed by atoms with Gasteiger partial charge in [-0.1, -0.05) is 11.6 Å². The molecule has 0 aliphatic carbocycles. The predicted octanol–water partition coefficient (Wildman–Crippen LogP) is 3.44. The molecule has 4 rings (SSSR count). The summed E-state index contributed by atoms with van der Waals surface area (Å²) in [5.74, 6) is 1.11. The lowest BCUT2D eigenvalue weighted by molar-refractivity contribution is 0.103.